The summed E-state index contributed by atoms with van der Waals surface area (Å²) in [5, 5.41) is 0. The number of benzene rings is 1. The third kappa shape index (κ3) is 3.85. The smallest absolute Gasteiger partial charge is 0.223 e. The van der Waals surface area contributed by atoms with Crippen LogP contribution in [0, 0.1) is 5.92 Å². The predicted octanol–water partition coefficient (Wildman–Crippen LogP) is 3.29. The summed E-state index contributed by atoms with van der Waals surface area (Å²) >= 11 is 0. The lowest BCUT2D eigenvalue weighted by Crippen LogP contribution is -2.49. The molecule has 1 amide bonds. The molecule has 0 radical (unpaired) electrons. The summed E-state index contributed by atoms with van der Waals surface area (Å²) in [6.45, 7) is 7.36. The highest BCUT2D eigenvalue weighted by molar-refractivity contribution is 5.78. The van der Waals surface area contributed by atoms with E-state index >= 15 is 0 Å². The molecule has 0 aliphatic carbocycles. The third-order valence-corrected chi connectivity index (χ3v) is 4.18. The summed E-state index contributed by atoms with van der Waals surface area (Å²) in [5.41, 5.74) is 8.85. The zero-order chi connectivity index (χ0) is 15.4. The average Bonchev–Trinajstić information content (AvgIpc) is 2.44. The molecule has 1 aliphatic rings. The molecule has 1 aliphatic heterocycles. The zero-order valence-corrected chi connectivity index (χ0v) is 13.5. The second-order valence-electron chi connectivity index (χ2n) is 6.57. The van der Waals surface area contributed by atoms with E-state index in [0.29, 0.717) is 12.3 Å². The van der Waals surface area contributed by atoms with Gasteiger partial charge in [0.2, 0.25) is 5.91 Å². The molecule has 0 saturated carbocycles. The largest absolute Gasteiger partial charge is 0.334 e. The first kappa shape index (κ1) is 16.0. The van der Waals surface area contributed by atoms with Crippen molar-refractivity contribution in [2.24, 2.45) is 11.7 Å². The van der Waals surface area contributed by atoms with Crippen LogP contribution in [0.1, 0.15) is 57.2 Å². The van der Waals surface area contributed by atoms with Crippen molar-refractivity contribution in [3.05, 3.63) is 35.4 Å². The lowest BCUT2D eigenvalue weighted by molar-refractivity contribution is -0.137. The number of hydrogen-bond donors (Lipinski definition) is 1. The topological polar surface area (TPSA) is 46.3 Å². The Kier molecular flexibility index (Phi) is 5.40. The van der Waals surface area contributed by atoms with E-state index in [1.54, 1.807) is 0 Å². The van der Waals surface area contributed by atoms with Crippen LogP contribution in [0.2, 0.25) is 0 Å². The molecule has 1 aromatic rings. The highest BCUT2D eigenvalue weighted by Gasteiger charge is 2.34. The van der Waals surface area contributed by atoms with Crippen molar-refractivity contribution in [3.8, 4) is 0 Å². The second kappa shape index (κ2) is 7.08. The minimum Gasteiger partial charge on any atom is -0.334 e. The van der Waals surface area contributed by atoms with Gasteiger partial charge in [-0.1, -0.05) is 45.0 Å². The summed E-state index contributed by atoms with van der Waals surface area (Å²) in [6, 6.07) is 8.77. The fourth-order valence-corrected chi connectivity index (χ4v) is 3.23. The maximum absolute atomic E-state index is 12.2. The van der Waals surface area contributed by atoms with Crippen molar-refractivity contribution in [1.29, 1.82) is 0 Å². The fourth-order valence-electron chi connectivity index (χ4n) is 3.23. The lowest BCUT2D eigenvalue weighted by Gasteiger charge is -2.40. The number of piperidine rings is 1. The predicted molar refractivity (Wildman–Crippen MR) is 86.9 cm³/mol. The Morgan fingerprint density at radius 2 is 1.95 bits per heavy atom. The monoisotopic (exact) mass is 288 g/mol. The summed E-state index contributed by atoms with van der Waals surface area (Å²) in [5.74, 6) is 0.903. The molecule has 3 heteroatoms. The van der Waals surface area contributed by atoms with E-state index in [0.717, 1.165) is 25.8 Å². The van der Waals surface area contributed by atoms with Crippen LogP contribution in [0.25, 0.3) is 0 Å². The molecule has 0 spiro atoms. The molecule has 1 fully saturated rings. The van der Waals surface area contributed by atoms with Crippen LogP contribution in [-0.2, 0) is 11.2 Å². The van der Waals surface area contributed by atoms with Crippen molar-refractivity contribution < 1.29 is 4.79 Å². The fraction of sp³-hybridized carbons (Fsp3) is 0.611. The molecule has 3 nitrogen and oxygen atoms in total. The molecular weight excluding hydrogens is 260 g/mol. The van der Waals surface area contributed by atoms with Crippen molar-refractivity contribution in [2.75, 3.05) is 6.54 Å². The van der Waals surface area contributed by atoms with Gasteiger partial charge < -0.3 is 10.6 Å². The standard InChI is InChI=1S/C18H28N2O/c1-4-11-20-17(21)10-9-16(19)18(20)15-7-5-14(6-8-15)12-13(2)3/h5-8,13,16,18H,4,9-12,19H2,1-3H3. The van der Waals surface area contributed by atoms with Crippen molar-refractivity contribution in [2.45, 2.75) is 58.5 Å². The van der Waals surface area contributed by atoms with Gasteiger partial charge in [0, 0.05) is 19.0 Å². The first-order valence-corrected chi connectivity index (χ1v) is 8.16. The Bertz CT molecular complexity index is 467. The summed E-state index contributed by atoms with van der Waals surface area (Å²) in [7, 11) is 0. The maximum Gasteiger partial charge on any atom is 0.223 e. The molecule has 2 unspecified atom stereocenters. The van der Waals surface area contributed by atoms with Crippen molar-refractivity contribution >= 4 is 5.91 Å². The van der Waals surface area contributed by atoms with Gasteiger partial charge >= 0.3 is 0 Å². The number of hydrogen-bond acceptors (Lipinski definition) is 2. The van der Waals surface area contributed by atoms with Gasteiger partial charge in [-0.05, 0) is 36.3 Å². The van der Waals surface area contributed by atoms with Gasteiger partial charge in [-0.25, -0.2) is 0 Å². The number of nitrogens with two attached hydrogens (primary N) is 1. The minimum atomic E-state index is 0.0410. The van der Waals surface area contributed by atoms with Crippen LogP contribution in [-0.4, -0.2) is 23.4 Å². The van der Waals surface area contributed by atoms with E-state index in [1.807, 2.05) is 4.90 Å². The van der Waals surface area contributed by atoms with E-state index in [4.69, 9.17) is 5.73 Å². The van der Waals surface area contributed by atoms with E-state index < -0.39 is 0 Å². The van der Waals surface area contributed by atoms with Gasteiger partial charge in [0.15, 0.2) is 0 Å². The van der Waals surface area contributed by atoms with Gasteiger partial charge in [-0.15, -0.1) is 0 Å². The zero-order valence-electron chi connectivity index (χ0n) is 13.5. The first-order chi connectivity index (χ1) is 10.0. The number of carbonyl (C=O) groups excluding carboxylic acids is 1. The molecule has 21 heavy (non-hydrogen) atoms. The average molecular weight is 288 g/mol. The van der Waals surface area contributed by atoms with Gasteiger partial charge in [-0.3, -0.25) is 4.79 Å². The summed E-state index contributed by atoms with van der Waals surface area (Å²) in [6.07, 6.45) is 3.44. The van der Waals surface area contributed by atoms with Gasteiger partial charge in [0.1, 0.15) is 0 Å². The molecule has 2 N–H and O–H groups in total. The van der Waals surface area contributed by atoms with Crippen LogP contribution in [0.5, 0.6) is 0 Å². The lowest BCUT2D eigenvalue weighted by atomic mass is 9.89. The van der Waals surface area contributed by atoms with Gasteiger partial charge in [-0.2, -0.15) is 0 Å². The summed E-state index contributed by atoms with van der Waals surface area (Å²) in [4.78, 5) is 14.2. The van der Waals surface area contributed by atoms with E-state index in [9.17, 15) is 4.79 Å². The Morgan fingerprint density at radius 3 is 2.52 bits per heavy atom. The van der Waals surface area contributed by atoms with Crippen LogP contribution in [0.15, 0.2) is 24.3 Å². The SMILES string of the molecule is CCCN1C(=O)CCC(N)C1c1ccc(CC(C)C)cc1. The second-order valence-corrected chi connectivity index (χ2v) is 6.57. The van der Waals surface area contributed by atoms with Crippen LogP contribution in [0.3, 0.4) is 0 Å². The first-order valence-electron chi connectivity index (χ1n) is 8.16. The molecule has 2 atom stereocenters. The molecule has 1 saturated heterocycles. The van der Waals surface area contributed by atoms with Crippen LogP contribution >= 0.6 is 0 Å². The normalized spacial score (nSPS) is 22.9. The molecule has 116 valence electrons. The van der Waals surface area contributed by atoms with Gasteiger partial charge in [0.25, 0.3) is 0 Å². The van der Waals surface area contributed by atoms with Gasteiger partial charge in [0.05, 0.1) is 6.04 Å². The molecule has 1 heterocycles. The van der Waals surface area contributed by atoms with Crippen LogP contribution in [0.4, 0.5) is 0 Å². The number of likely N-dealkylation sites (tertiary alicyclic amines) is 1. The Labute approximate surface area is 128 Å². The summed E-state index contributed by atoms with van der Waals surface area (Å²) < 4.78 is 0. The Morgan fingerprint density at radius 1 is 1.29 bits per heavy atom. The third-order valence-electron chi connectivity index (χ3n) is 4.18. The molecule has 0 bridgehead atoms. The van der Waals surface area contributed by atoms with E-state index in [1.165, 1.54) is 11.1 Å². The highest BCUT2D eigenvalue weighted by atomic mass is 16.2. The van der Waals surface area contributed by atoms with Crippen molar-refractivity contribution in [3.63, 3.8) is 0 Å². The Balaban J connectivity index is 2.21. The van der Waals surface area contributed by atoms with Crippen LogP contribution < -0.4 is 5.73 Å². The maximum atomic E-state index is 12.2. The number of carbonyl (C=O) groups is 1. The highest BCUT2D eigenvalue weighted by Crippen LogP contribution is 2.31. The quantitative estimate of drug-likeness (QED) is 0.903. The molecule has 1 aromatic carbocycles. The van der Waals surface area contributed by atoms with Crippen molar-refractivity contribution in [1.82, 2.24) is 4.90 Å². The van der Waals surface area contributed by atoms with E-state index in [-0.39, 0.29) is 18.0 Å². The Hall–Kier alpha value is -1.35. The number of rotatable bonds is 5. The number of nitrogens with zero attached hydrogens (tertiary/aromatic N) is 1. The molecule has 0 aromatic heterocycles. The number of amides is 1. The minimum absolute atomic E-state index is 0.0410. The molecule has 2 rings (SSSR count). The molecular formula is C18H28N2O. The van der Waals surface area contributed by atoms with E-state index in [2.05, 4.69) is 45.0 Å².